The van der Waals surface area contributed by atoms with E-state index in [1.54, 1.807) is 6.21 Å². The molecule has 2 N–H and O–H groups in total. The van der Waals surface area contributed by atoms with Gasteiger partial charge in [-0.05, 0) is 58.2 Å². The number of carbonyl (C=O) groups excluding carboxylic acids is 1. The number of rotatable bonds is 10. The number of aromatic amines is 1. The van der Waals surface area contributed by atoms with Gasteiger partial charge in [0, 0.05) is 0 Å². The lowest BCUT2D eigenvalue weighted by Crippen LogP contribution is -2.19. The molecule has 0 aliphatic rings. The van der Waals surface area contributed by atoms with Gasteiger partial charge in [0.05, 0.1) is 34.1 Å². The van der Waals surface area contributed by atoms with E-state index < -0.39 is 0 Å². The molecule has 7 nitrogen and oxygen atoms in total. The number of fused-ring (bicyclic) bond motifs is 1. The maximum Gasteiger partial charge on any atom is 0.250 e. The van der Waals surface area contributed by atoms with Gasteiger partial charge in [-0.1, -0.05) is 54.2 Å². The van der Waals surface area contributed by atoms with E-state index in [-0.39, 0.29) is 11.7 Å². The number of aromatic nitrogens is 2. The normalized spacial score (nSPS) is 11.1. The largest absolute Gasteiger partial charge is 0.490 e. The highest BCUT2D eigenvalue weighted by Crippen LogP contribution is 2.37. The lowest BCUT2D eigenvalue weighted by Gasteiger charge is -2.14. The molecule has 0 fully saturated rings. The molecule has 34 heavy (non-hydrogen) atoms. The number of carbonyl (C=O) groups is 1. The zero-order chi connectivity index (χ0) is 23.8. The SMILES string of the molecule is CCOc1cc(/C=N\NC(=O)CSc2nc3ccccc3[nH]2)cc(Br)c1OCc1ccccc1. The first-order valence-electron chi connectivity index (χ1n) is 10.6. The summed E-state index contributed by atoms with van der Waals surface area (Å²) in [5, 5.41) is 4.77. The molecule has 1 heterocycles. The minimum absolute atomic E-state index is 0.192. The van der Waals surface area contributed by atoms with Crippen LogP contribution in [0.5, 0.6) is 11.5 Å². The number of imidazole rings is 1. The molecular weight excluding hydrogens is 516 g/mol. The molecular formula is C25H23BrN4O3S. The molecule has 0 aliphatic carbocycles. The number of H-pyrrole nitrogens is 1. The molecule has 0 radical (unpaired) electrons. The smallest absolute Gasteiger partial charge is 0.250 e. The monoisotopic (exact) mass is 538 g/mol. The predicted octanol–water partition coefficient (Wildman–Crippen LogP) is 5.55. The second-order valence-electron chi connectivity index (χ2n) is 7.18. The molecule has 9 heteroatoms. The Labute approximate surface area is 210 Å². The van der Waals surface area contributed by atoms with Crippen LogP contribution < -0.4 is 14.9 Å². The van der Waals surface area contributed by atoms with Crippen molar-refractivity contribution in [2.45, 2.75) is 18.7 Å². The van der Waals surface area contributed by atoms with E-state index in [9.17, 15) is 4.79 Å². The van der Waals surface area contributed by atoms with Gasteiger partial charge in [0.1, 0.15) is 6.61 Å². The van der Waals surface area contributed by atoms with Gasteiger partial charge < -0.3 is 14.5 Å². The van der Waals surface area contributed by atoms with Crippen molar-refractivity contribution in [3.63, 3.8) is 0 Å². The highest BCUT2D eigenvalue weighted by Gasteiger charge is 2.12. The zero-order valence-electron chi connectivity index (χ0n) is 18.5. The molecule has 4 rings (SSSR count). The Hall–Kier alpha value is -3.30. The number of halogens is 1. The van der Waals surface area contributed by atoms with Crippen molar-refractivity contribution in [1.82, 2.24) is 15.4 Å². The van der Waals surface area contributed by atoms with Gasteiger partial charge in [-0.15, -0.1) is 0 Å². The van der Waals surface area contributed by atoms with Crippen molar-refractivity contribution in [2.75, 3.05) is 12.4 Å². The summed E-state index contributed by atoms with van der Waals surface area (Å²) in [7, 11) is 0. The lowest BCUT2D eigenvalue weighted by molar-refractivity contribution is -0.118. The molecule has 0 unspecified atom stereocenters. The topological polar surface area (TPSA) is 88.6 Å². The Kier molecular flexibility index (Phi) is 8.21. The third-order valence-corrected chi connectivity index (χ3v) is 6.13. The molecule has 4 aromatic rings. The fourth-order valence-corrected chi connectivity index (χ4v) is 4.39. The van der Waals surface area contributed by atoms with Crippen LogP contribution in [-0.4, -0.2) is 34.4 Å². The van der Waals surface area contributed by atoms with Gasteiger partial charge in [0.2, 0.25) is 0 Å². The lowest BCUT2D eigenvalue weighted by atomic mass is 10.2. The van der Waals surface area contributed by atoms with Crippen LogP contribution in [0, 0.1) is 0 Å². The number of para-hydroxylation sites is 2. The molecule has 1 aromatic heterocycles. The fourth-order valence-electron chi connectivity index (χ4n) is 3.14. The number of nitrogens with one attached hydrogen (secondary N) is 2. The van der Waals surface area contributed by atoms with E-state index in [2.05, 4.69) is 36.4 Å². The second kappa shape index (κ2) is 11.7. The van der Waals surface area contributed by atoms with Crippen molar-refractivity contribution in [2.24, 2.45) is 5.10 Å². The van der Waals surface area contributed by atoms with Gasteiger partial charge in [0.25, 0.3) is 5.91 Å². The molecule has 0 bridgehead atoms. The number of hydrazone groups is 1. The Morgan fingerprint density at radius 3 is 2.74 bits per heavy atom. The fraction of sp³-hybridized carbons (Fsp3) is 0.160. The molecule has 0 saturated carbocycles. The Morgan fingerprint density at radius 1 is 1.15 bits per heavy atom. The average molecular weight is 539 g/mol. The molecule has 3 aromatic carbocycles. The summed E-state index contributed by atoms with van der Waals surface area (Å²) < 4.78 is 12.5. The highest BCUT2D eigenvalue weighted by molar-refractivity contribution is 9.10. The summed E-state index contributed by atoms with van der Waals surface area (Å²) in [5.74, 6) is 1.18. The van der Waals surface area contributed by atoms with Gasteiger partial charge in [-0.25, -0.2) is 10.4 Å². The van der Waals surface area contributed by atoms with Crippen LogP contribution in [0.3, 0.4) is 0 Å². The summed E-state index contributed by atoms with van der Waals surface area (Å²) in [4.78, 5) is 19.8. The van der Waals surface area contributed by atoms with E-state index in [1.807, 2.05) is 73.7 Å². The maximum absolute atomic E-state index is 12.2. The van der Waals surface area contributed by atoms with Gasteiger partial charge in [-0.2, -0.15) is 5.10 Å². The molecule has 0 saturated heterocycles. The standard InChI is InChI=1S/C25H23BrN4O3S/c1-2-32-22-13-18(12-19(26)24(22)33-15-17-8-4-3-5-9-17)14-27-30-23(31)16-34-25-28-20-10-6-7-11-21(20)29-25/h3-14H,2,15-16H2,1H3,(H,28,29)(H,30,31)/b27-14-. The van der Waals surface area contributed by atoms with Crippen LogP contribution in [-0.2, 0) is 11.4 Å². The Bertz CT molecular complexity index is 1260. The van der Waals surface area contributed by atoms with E-state index in [0.29, 0.717) is 29.9 Å². The number of hydrogen-bond donors (Lipinski definition) is 2. The summed E-state index contributed by atoms with van der Waals surface area (Å²) in [5.41, 5.74) is 6.18. The van der Waals surface area contributed by atoms with Crippen molar-refractivity contribution in [3.05, 3.63) is 82.3 Å². The molecule has 0 spiro atoms. The van der Waals surface area contributed by atoms with Gasteiger partial charge in [-0.3, -0.25) is 4.79 Å². The van der Waals surface area contributed by atoms with E-state index >= 15 is 0 Å². The molecule has 1 amide bonds. The number of thioether (sulfide) groups is 1. The van der Waals surface area contributed by atoms with Crippen LogP contribution in [0.4, 0.5) is 0 Å². The minimum atomic E-state index is -0.228. The minimum Gasteiger partial charge on any atom is -0.490 e. The van der Waals surface area contributed by atoms with Crippen molar-refractivity contribution in [1.29, 1.82) is 0 Å². The van der Waals surface area contributed by atoms with Crippen molar-refractivity contribution in [3.8, 4) is 11.5 Å². The third kappa shape index (κ3) is 6.39. The number of benzene rings is 3. The third-order valence-electron chi connectivity index (χ3n) is 4.67. The summed E-state index contributed by atoms with van der Waals surface area (Å²) >= 11 is 4.88. The van der Waals surface area contributed by atoms with Crippen LogP contribution in [0.1, 0.15) is 18.1 Å². The molecule has 0 aliphatic heterocycles. The average Bonchev–Trinajstić information content (AvgIpc) is 3.26. The summed E-state index contributed by atoms with van der Waals surface area (Å²) in [6.07, 6.45) is 1.57. The van der Waals surface area contributed by atoms with E-state index in [1.165, 1.54) is 11.8 Å². The first-order chi connectivity index (χ1) is 16.6. The molecule has 174 valence electrons. The summed E-state index contributed by atoms with van der Waals surface area (Å²) in [6.45, 7) is 2.83. The number of hydrogen-bond acceptors (Lipinski definition) is 6. The predicted molar refractivity (Wildman–Crippen MR) is 139 cm³/mol. The molecule has 0 atom stereocenters. The maximum atomic E-state index is 12.2. The number of amides is 1. The zero-order valence-corrected chi connectivity index (χ0v) is 20.9. The van der Waals surface area contributed by atoms with Gasteiger partial charge in [0.15, 0.2) is 16.7 Å². The van der Waals surface area contributed by atoms with Crippen LogP contribution >= 0.6 is 27.7 Å². The van der Waals surface area contributed by atoms with Crippen LogP contribution in [0.15, 0.2) is 81.5 Å². The summed E-state index contributed by atoms with van der Waals surface area (Å²) in [6, 6.07) is 21.3. The number of ether oxygens (including phenoxy) is 2. The van der Waals surface area contributed by atoms with Crippen LogP contribution in [0.2, 0.25) is 0 Å². The van der Waals surface area contributed by atoms with Crippen molar-refractivity contribution < 1.29 is 14.3 Å². The van der Waals surface area contributed by atoms with Gasteiger partial charge >= 0.3 is 0 Å². The second-order valence-corrected chi connectivity index (χ2v) is 9.00. The first-order valence-corrected chi connectivity index (χ1v) is 12.4. The number of nitrogens with zero attached hydrogens (tertiary/aromatic N) is 2. The Morgan fingerprint density at radius 2 is 1.94 bits per heavy atom. The van der Waals surface area contributed by atoms with E-state index in [4.69, 9.17) is 9.47 Å². The van der Waals surface area contributed by atoms with Crippen molar-refractivity contribution >= 4 is 50.8 Å². The van der Waals surface area contributed by atoms with E-state index in [0.717, 1.165) is 26.6 Å². The highest BCUT2D eigenvalue weighted by atomic mass is 79.9. The van der Waals surface area contributed by atoms with Crippen LogP contribution in [0.25, 0.3) is 11.0 Å². The first kappa shape index (κ1) is 23.8. The Balaban J connectivity index is 1.35. The quantitative estimate of drug-likeness (QED) is 0.157.